The van der Waals surface area contributed by atoms with E-state index >= 15 is 0 Å². The summed E-state index contributed by atoms with van der Waals surface area (Å²) in [7, 11) is 0. The lowest BCUT2D eigenvalue weighted by atomic mass is 9.80. The van der Waals surface area contributed by atoms with Gasteiger partial charge in [-0.2, -0.15) is 0 Å². The molecule has 124 valence electrons. The van der Waals surface area contributed by atoms with Gasteiger partial charge in [-0.25, -0.2) is 0 Å². The highest BCUT2D eigenvalue weighted by molar-refractivity contribution is 6.22. The minimum absolute atomic E-state index is 0.0588. The summed E-state index contributed by atoms with van der Waals surface area (Å²) in [6, 6.07) is 12.3. The Hall–Kier alpha value is -2.55. The summed E-state index contributed by atoms with van der Waals surface area (Å²) in [6.45, 7) is 12.6. The third-order valence-corrected chi connectivity index (χ3v) is 4.12. The molecule has 3 nitrogen and oxygen atoms in total. The smallest absolute Gasteiger partial charge is 0.196 e. The number of nitrogens with one attached hydrogen (secondary N) is 2. The van der Waals surface area contributed by atoms with Crippen LogP contribution in [-0.2, 0) is 0 Å². The molecule has 0 saturated heterocycles. The van der Waals surface area contributed by atoms with Crippen LogP contribution in [0.4, 0.5) is 11.4 Å². The number of anilines is 2. The summed E-state index contributed by atoms with van der Waals surface area (Å²) in [5, 5.41) is 6.86. The number of rotatable bonds is 4. The van der Waals surface area contributed by atoms with Gasteiger partial charge in [-0.3, -0.25) is 4.79 Å². The maximum atomic E-state index is 13.2. The van der Waals surface area contributed by atoms with Crippen LogP contribution in [-0.4, -0.2) is 17.9 Å². The molecule has 0 radical (unpaired) electrons. The fourth-order valence-corrected chi connectivity index (χ4v) is 3.23. The Bertz CT molecular complexity index is 751. The molecule has 2 aromatic rings. The van der Waals surface area contributed by atoms with Gasteiger partial charge in [0, 0.05) is 34.6 Å². The lowest BCUT2D eigenvalue weighted by Gasteiger charge is -2.27. The quantitative estimate of drug-likeness (QED) is 0.716. The van der Waals surface area contributed by atoms with Crippen LogP contribution in [0.3, 0.4) is 0 Å². The van der Waals surface area contributed by atoms with E-state index in [4.69, 9.17) is 0 Å². The summed E-state index contributed by atoms with van der Waals surface area (Å²) in [5.74, 6) is 0.0588. The molecule has 0 atom stereocenters. The molecule has 0 bridgehead atoms. The Labute approximate surface area is 143 Å². The summed E-state index contributed by atoms with van der Waals surface area (Å²) < 4.78 is 0. The Morgan fingerprint density at radius 1 is 0.792 bits per heavy atom. The summed E-state index contributed by atoms with van der Waals surface area (Å²) >= 11 is 0. The molecule has 0 heterocycles. The SMILES string of the molecule is C=C1c2ccccc2C(=O)c2c(NC(C)C)ccc(NC(C)C)c21. The van der Waals surface area contributed by atoms with E-state index < -0.39 is 0 Å². The lowest BCUT2D eigenvalue weighted by molar-refractivity contribution is 0.103. The Morgan fingerprint density at radius 2 is 1.29 bits per heavy atom. The zero-order valence-electron chi connectivity index (χ0n) is 14.7. The van der Waals surface area contributed by atoms with Crippen LogP contribution in [0.5, 0.6) is 0 Å². The second-order valence-electron chi connectivity index (χ2n) is 6.86. The molecule has 0 saturated carbocycles. The molecule has 24 heavy (non-hydrogen) atoms. The minimum Gasteiger partial charge on any atom is -0.382 e. The molecular formula is C21H24N2O. The summed E-state index contributed by atoms with van der Waals surface area (Å²) in [6.07, 6.45) is 0. The van der Waals surface area contributed by atoms with Crippen LogP contribution < -0.4 is 10.6 Å². The second kappa shape index (κ2) is 6.16. The molecule has 2 aromatic carbocycles. The van der Waals surface area contributed by atoms with Crippen LogP contribution in [0.2, 0.25) is 0 Å². The first-order chi connectivity index (χ1) is 11.4. The first-order valence-corrected chi connectivity index (χ1v) is 8.43. The highest BCUT2D eigenvalue weighted by Crippen LogP contribution is 2.42. The number of benzene rings is 2. The second-order valence-corrected chi connectivity index (χ2v) is 6.86. The Kier molecular flexibility index (Phi) is 4.18. The van der Waals surface area contributed by atoms with E-state index in [1.807, 2.05) is 36.4 Å². The van der Waals surface area contributed by atoms with Gasteiger partial charge in [0.15, 0.2) is 5.78 Å². The van der Waals surface area contributed by atoms with E-state index in [1.165, 1.54) is 0 Å². The highest BCUT2D eigenvalue weighted by atomic mass is 16.1. The third-order valence-electron chi connectivity index (χ3n) is 4.12. The first kappa shape index (κ1) is 16.3. The molecule has 0 aromatic heterocycles. The van der Waals surface area contributed by atoms with Gasteiger partial charge in [0.1, 0.15) is 0 Å². The highest BCUT2D eigenvalue weighted by Gasteiger charge is 2.30. The van der Waals surface area contributed by atoms with Crippen molar-refractivity contribution >= 4 is 22.7 Å². The molecule has 0 aliphatic heterocycles. The van der Waals surface area contributed by atoms with Crippen LogP contribution in [0, 0.1) is 0 Å². The van der Waals surface area contributed by atoms with Crippen molar-refractivity contribution in [1.82, 2.24) is 0 Å². The van der Waals surface area contributed by atoms with Gasteiger partial charge in [0.2, 0.25) is 0 Å². The van der Waals surface area contributed by atoms with E-state index in [0.29, 0.717) is 0 Å². The number of fused-ring (bicyclic) bond motifs is 2. The van der Waals surface area contributed by atoms with Gasteiger partial charge >= 0.3 is 0 Å². The molecule has 3 rings (SSSR count). The standard InChI is InChI=1S/C21H24N2O/c1-12(2)22-17-10-11-18(23-13(3)4)20-19(17)14(5)15-8-6-7-9-16(15)21(20)24/h6-13,22-23H,5H2,1-4H3. The average molecular weight is 320 g/mol. The maximum Gasteiger partial charge on any atom is 0.196 e. The summed E-state index contributed by atoms with van der Waals surface area (Å²) in [4.78, 5) is 13.2. The van der Waals surface area contributed by atoms with E-state index in [2.05, 4.69) is 44.9 Å². The van der Waals surface area contributed by atoms with Crippen molar-refractivity contribution in [2.45, 2.75) is 39.8 Å². The van der Waals surface area contributed by atoms with Gasteiger partial charge in [0.25, 0.3) is 0 Å². The van der Waals surface area contributed by atoms with Crippen LogP contribution in [0.1, 0.15) is 54.7 Å². The van der Waals surface area contributed by atoms with Gasteiger partial charge in [-0.05, 0) is 51.0 Å². The van der Waals surface area contributed by atoms with Gasteiger partial charge in [0.05, 0.1) is 5.56 Å². The van der Waals surface area contributed by atoms with Gasteiger partial charge in [-0.15, -0.1) is 0 Å². The molecule has 0 spiro atoms. The largest absolute Gasteiger partial charge is 0.382 e. The first-order valence-electron chi connectivity index (χ1n) is 8.43. The zero-order valence-corrected chi connectivity index (χ0v) is 14.7. The van der Waals surface area contributed by atoms with Crippen molar-refractivity contribution < 1.29 is 4.79 Å². The van der Waals surface area contributed by atoms with E-state index in [1.54, 1.807) is 0 Å². The predicted octanol–water partition coefficient (Wildman–Crippen LogP) is 4.93. The van der Waals surface area contributed by atoms with Crippen LogP contribution >= 0.6 is 0 Å². The van der Waals surface area contributed by atoms with Crippen LogP contribution in [0.15, 0.2) is 43.0 Å². The number of carbonyl (C=O) groups is 1. The maximum absolute atomic E-state index is 13.2. The van der Waals surface area contributed by atoms with Crippen molar-refractivity contribution in [2.24, 2.45) is 0 Å². The van der Waals surface area contributed by atoms with Crippen molar-refractivity contribution in [3.05, 3.63) is 65.2 Å². The Balaban J connectivity index is 2.26. The topological polar surface area (TPSA) is 41.1 Å². The van der Waals surface area contributed by atoms with Crippen LogP contribution in [0.25, 0.3) is 5.57 Å². The molecule has 0 fully saturated rings. The summed E-state index contributed by atoms with van der Waals surface area (Å²) in [5.41, 5.74) is 6.01. The fourth-order valence-electron chi connectivity index (χ4n) is 3.23. The lowest BCUT2D eigenvalue weighted by Crippen LogP contribution is -2.22. The number of carbonyl (C=O) groups excluding carboxylic acids is 1. The van der Waals surface area contributed by atoms with Gasteiger partial charge < -0.3 is 10.6 Å². The molecule has 0 amide bonds. The average Bonchev–Trinajstić information content (AvgIpc) is 2.53. The van der Waals surface area contributed by atoms with E-state index in [-0.39, 0.29) is 17.9 Å². The van der Waals surface area contributed by atoms with E-state index in [0.717, 1.165) is 39.2 Å². The molecular weight excluding hydrogens is 296 g/mol. The minimum atomic E-state index is 0.0588. The predicted molar refractivity (Wildman–Crippen MR) is 102 cm³/mol. The molecule has 0 unspecified atom stereocenters. The van der Waals surface area contributed by atoms with Crippen molar-refractivity contribution in [2.75, 3.05) is 10.6 Å². The fraction of sp³-hybridized carbons (Fsp3) is 0.286. The molecule has 3 heteroatoms. The van der Waals surface area contributed by atoms with Crippen molar-refractivity contribution in [3.63, 3.8) is 0 Å². The number of ketones is 1. The number of hydrogen-bond acceptors (Lipinski definition) is 3. The van der Waals surface area contributed by atoms with Crippen molar-refractivity contribution in [3.8, 4) is 0 Å². The van der Waals surface area contributed by atoms with E-state index in [9.17, 15) is 4.79 Å². The third kappa shape index (κ3) is 2.71. The Morgan fingerprint density at radius 3 is 1.83 bits per heavy atom. The monoisotopic (exact) mass is 320 g/mol. The number of hydrogen-bond donors (Lipinski definition) is 2. The molecule has 1 aliphatic carbocycles. The van der Waals surface area contributed by atoms with Crippen molar-refractivity contribution in [1.29, 1.82) is 0 Å². The van der Waals surface area contributed by atoms with Gasteiger partial charge in [-0.1, -0.05) is 30.8 Å². The normalized spacial score (nSPS) is 13.1. The molecule has 1 aliphatic rings. The zero-order chi connectivity index (χ0) is 17.4. The molecule has 2 N–H and O–H groups in total.